The van der Waals surface area contributed by atoms with E-state index in [9.17, 15) is 0 Å². The fourth-order valence-electron chi connectivity index (χ4n) is 1.69. The summed E-state index contributed by atoms with van der Waals surface area (Å²) in [6.45, 7) is 4.24. The van der Waals surface area contributed by atoms with Crippen LogP contribution in [0.15, 0.2) is 24.3 Å². The quantitative estimate of drug-likeness (QED) is 0.754. The van der Waals surface area contributed by atoms with Crippen molar-refractivity contribution in [2.75, 3.05) is 13.8 Å². The molecule has 2 atom stereocenters. The van der Waals surface area contributed by atoms with Crippen LogP contribution in [0, 0.1) is 6.92 Å². The Morgan fingerprint density at radius 1 is 1.40 bits per heavy atom. The molecule has 3 heteroatoms. The van der Waals surface area contributed by atoms with Gasteiger partial charge in [-0.3, -0.25) is 0 Å². The molecule has 3 nitrogen and oxygen atoms in total. The zero-order chi connectivity index (χ0) is 11.3. The molecule has 84 valence electrons. The summed E-state index contributed by atoms with van der Waals surface area (Å²) < 4.78 is 10.8. The molecule has 2 unspecified atom stereocenters. The van der Waals surface area contributed by atoms with E-state index in [4.69, 9.17) is 15.2 Å². The monoisotopic (exact) mass is 209 g/mol. The number of nitrogens with two attached hydrogens (primary N) is 1. The van der Waals surface area contributed by atoms with Crippen molar-refractivity contribution in [3.8, 4) is 0 Å². The van der Waals surface area contributed by atoms with Crippen LogP contribution in [0.3, 0.4) is 0 Å². The van der Waals surface area contributed by atoms with Gasteiger partial charge in [0, 0.05) is 7.11 Å². The Balaban J connectivity index is 2.82. The summed E-state index contributed by atoms with van der Waals surface area (Å²) in [5, 5.41) is 0. The normalized spacial score (nSPS) is 14.9. The zero-order valence-electron chi connectivity index (χ0n) is 9.57. The van der Waals surface area contributed by atoms with E-state index in [2.05, 4.69) is 19.1 Å². The smallest absolute Gasteiger partial charge is 0.108 e. The Labute approximate surface area is 91.2 Å². The van der Waals surface area contributed by atoms with Gasteiger partial charge in [-0.15, -0.1) is 0 Å². The largest absolute Gasteiger partial charge is 0.374 e. The summed E-state index contributed by atoms with van der Waals surface area (Å²) in [6.07, 6.45) is -0.102. The molecule has 0 amide bonds. The Morgan fingerprint density at radius 3 is 2.67 bits per heavy atom. The molecule has 0 saturated heterocycles. The van der Waals surface area contributed by atoms with Crippen LogP contribution in [0.5, 0.6) is 0 Å². The summed E-state index contributed by atoms with van der Waals surface area (Å²) in [5.41, 5.74) is 7.69. The van der Waals surface area contributed by atoms with Gasteiger partial charge in [-0.05, 0) is 19.4 Å². The lowest BCUT2D eigenvalue weighted by atomic mass is 10.0. The molecule has 0 aliphatic rings. The maximum Gasteiger partial charge on any atom is 0.108 e. The third kappa shape index (κ3) is 3.30. The SMILES string of the molecule is COC(c1cccc(C)c1)C(C)OCN. The lowest BCUT2D eigenvalue weighted by molar-refractivity contribution is -0.0468. The lowest BCUT2D eigenvalue weighted by Crippen LogP contribution is -2.23. The van der Waals surface area contributed by atoms with Crippen LogP contribution in [0.25, 0.3) is 0 Å². The van der Waals surface area contributed by atoms with Crippen molar-refractivity contribution in [2.45, 2.75) is 26.1 Å². The Hall–Kier alpha value is -0.900. The van der Waals surface area contributed by atoms with E-state index in [1.54, 1.807) is 7.11 Å². The maximum absolute atomic E-state index is 5.43. The summed E-state index contributed by atoms with van der Waals surface area (Å²) in [5.74, 6) is 0. The van der Waals surface area contributed by atoms with Gasteiger partial charge in [0.2, 0.25) is 0 Å². The van der Waals surface area contributed by atoms with Crippen molar-refractivity contribution in [3.05, 3.63) is 35.4 Å². The standard InChI is InChI=1S/C12H19NO2/c1-9-5-4-6-11(7-9)12(14-3)10(2)15-8-13/h4-7,10,12H,8,13H2,1-3H3. The minimum absolute atomic E-state index is 0.0400. The number of benzene rings is 1. The number of rotatable bonds is 5. The van der Waals surface area contributed by atoms with Crippen molar-refractivity contribution < 1.29 is 9.47 Å². The minimum atomic E-state index is -0.0616. The van der Waals surface area contributed by atoms with Crippen LogP contribution in [0.1, 0.15) is 24.2 Å². The Bertz CT molecular complexity index is 301. The van der Waals surface area contributed by atoms with Gasteiger partial charge in [-0.25, -0.2) is 0 Å². The molecule has 0 aliphatic carbocycles. The predicted molar refractivity (Wildman–Crippen MR) is 60.5 cm³/mol. The molecule has 1 aromatic carbocycles. The average Bonchev–Trinajstić information content (AvgIpc) is 2.19. The maximum atomic E-state index is 5.43. The summed E-state index contributed by atoms with van der Waals surface area (Å²) >= 11 is 0. The highest BCUT2D eigenvalue weighted by Crippen LogP contribution is 2.23. The molecule has 0 spiro atoms. The second-order valence-electron chi connectivity index (χ2n) is 3.61. The third-order valence-electron chi connectivity index (χ3n) is 2.41. The van der Waals surface area contributed by atoms with Gasteiger partial charge in [0.05, 0.1) is 12.8 Å². The second-order valence-corrected chi connectivity index (χ2v) is 3.61. The van der Waals surface area contributed by atoms with Crippen LogP contribution in [-0.4, -0.2) is 19.9 Å². The van der Waals surface area contributed by atoms with Gasteiger partial charge in [0.15, 0.2) is 0 Å². The van der Waals surface area contributed by atoms with Crippen LogP contribution in [-0.2, 0) is 9.47 Å². The molecule has 0 fully saturated rings. The number of methoxy groups -OCH3 is 1. The highest BCUT2D eigenvalue weighted by molar-refractivity contribution is 5.24. The fourth-order valence-corrected chi connectivity index (χ4v) is 1.69. The molecule has 1 aromatic rings. The van der Waals surface area contributed by atoms with E-state index in [-0.39, 0.29) is 18.9 Å². The Kier molecular flexibility index (Phi) is 4.75. The summed E-state index contributed by atoms with van der Waals surface area (Å²) in [4.78, 5) is 0. The van der Waals surface area contributed by atoms with E-state index in [0.29, 0.717) is 0 Å². The van der Waals surface area contributed by atoms with E-state index < -0.39 is 0 Å². The van der Waals surface area contributed by atoms with Gasteiger partial charge in [0.1, 0.15) is 6.10 Å². The van der Waals surface area contributed by atoms with Gasteiger partial charge < -0.3 is 15.2 Å². The Morgan fingerprint density at radius 2 is 2.13 bits per heavy atom. The van der Waals surface area contributed by atoms with Crippen LogP contribution in [0.2, 0.25) is 0 Å². The highest BCUT2D eigenvalue weighted by Gasteiger charge is 2.18. The number of ether oxygens (including phenoxy) is 2. The molecule has 0 aromatic heterocycles. The second kappa shape index (κ2) is 5.85. The van der Waals surface area contributed by atoms with Crippen molar-refractivity contribution in [2.24, 2.45) is 5.73 Å². The van der Waals surface area contributed by atoms with E-state index in [1.165, 1.54) is 5.56 Å². The molecular formula is C12H19NO2. The minimum Gasteiger partial charge on any atom is -0.374 e. The molecule has 1 rings (SSSR count). The molecule has 0 bridgehead atoms. The highest BCUT2D eigenvalue weighted by atomic mass is 16.5. The average molecular weight is 209 g/mol. The first-order valence-electron chi connectivity index (χ1n) is 5.10. The molecule has 0 heterocycles. The lowest BCUT2D eigenvalue weighted by Gasteiger charge is -2.23. The first-order valence-corrected chi connectivity index (χ1v) is 5.10. The summed E-state index contributed by atoms with van der Waals surface area (Å²) in [6, 6.07) is 8.22. The van der Waals surface area contributed by atoms with Crippen molar-refractivity contribution >= 4 is 0 Å². The number of hydrogen-bond acceptors (Lipinski definition) is 3. The molecule has 0 aliphatic heterocycles. The number of aryl methyl sites for hydroxylation is 1. The zero-order valence-corrected chi connectivity index (χ0v) is 9.57. The molecule has 0 radical (unpaired) electrons. The first kappa shape index (κ1) is 12.2. The van der Waals surface area contributed by atoms with E-state index in [0.717, 1.165) is 5.56 Å². The van der Waals surface area contributed by atoms with Crippen LogP contribution >= 0.6 is 0 Å². The molecule has 0 saturated carbocycles. The molecule has 15 heavy (non-hydrogen) atoms. The topological polar surface area (TPSA) is 44.5 Å². The van der Waals surface area contributed by atoms with Gasteiger partial charge in [-0.2, -0.15) is 0 Å². The van der Waals surface area contributed by atoms with Crippen molar-refractivity contribution in [1.29, 1.82) is 0 Å². The van der Waals surface area contributed by atoms with Crippen LogP contribution in [0.4, 0.5) is 0 Å². The van der Waals surface area contributed by atoms with Gasteiger partial charge in [-0.1, -0.05) is 29.8 Å². The first-order chi connectivity index (χ1) is 7.19. The van der Waals surface area contributed by atoms with Crippen molar-refractivity contribution in [3.63, 3.8) is 0 Å². The van der Waals surface area contributed by atoms with E-state index in [1.807, 2.05) is 19.1 Å². The number of hydrogen-bond donors (Lipinski definition) is 1. The molecular weight excluding hydrogens is 190 g/mol. The predicted octanol–water partition coefficient (Wildman–Crippen LogP) is 2.00. The van der Waals surface area contributed by atoms with Gasteiger partial charge in [0.25, 0.3) is 0 Å². The van der Waals surface area contributed by atoms with Crippen LogP contribution < -0.4 is 5.73 Å². The molecule has 2 N–H and O–H groups in total. The summed E-state index contributed by atoms with van der Waals surface area (Å²) in [7, 11) is 1.68. The van der Waals surface area contributed by atoms with Gasteiger partial charge >= 0.3 is 0 Å². The van der Waals surface area contributed by atoms with E-state index >= 15 is 0 Å². The fraction of sp³-hybridized carbons (Fsp3) is 0.500. The van der Waals surface area contributed by atoms with Crippen molar-refractivity contribution in [1.82, 2.24) is 0 Å². The third-order valence-corrected chi connectivity index (χ3v) is 2.41.